The van der Waals surface area contributed by atoms with Gasteiger partial charge in [-0.05, 0) is 37.3 Å². The van der Waals surface area contributed by atoms with E-state index >= 15 is 0 Å². The summed E-state index contributed by atoms with van der Waals surface area (Å²) in [6.45, 7) is 3.16. The summed E-state index contributed by atoms with van der Waals surface area (Å²) in [5.41, 5.74) is 6.80. The Kier molecular flexibility index (Phi) is 4.03. The molecule has 2 saturated heterocycles. The van der Waals surface area contributed by atoms with E-state index in [1.54, 1.807) is 0 Å². The molecule has 0 radical (unpaired) electrons. The second kappa shape index (κ2) is 5.94. The molecule has 108 valence electrons. The minimum atomic E-state index is -0.673. The Balaban J connectivity index is 1.59. The molecule has 1 aromatic rings. The number of nitrogens with zero attached hydrogens (tertiary/aromatic N) is 1. The first-order valence-electron chi connectivity index (χ1n) is 7.46. The van der Waals surface area contributed by atoms with Crippen LogP contribution in [0.1, 0.15) is 30.9 Å². The second-order valence-electron chi connectivity index (χ2n) is 5.95. The maximum Gasteiger partial charge on any atom is 0.327 e. The normalized spacial score (nSPS) is 30.6. The number of esters is 1. The third-order valence-corrected chi connectivity index (χ3v) is 4.36. The third-order valence-electron chi connectivity index (χ3n) is 4.36. The number of hydrogen-bond donors (Lipinski definition) is 1. The molecule has 4 heteroatoms. The van der Waals surface area contributed by atoms with Crippen molar-refractivity contribution in [3.05, 3.63) is 35.9 Å². The van der Waals surface area contributed by atoms with Crippen molar-refractivity contribution in [2.24, 2.45) is 11.7 Å². The van der Waals surface area contributed by atoms with Gasteiger partial charge in [-0.3, -0.25) is 4.90 Å². The van der Waals surface area contributed by atoms with Gasteiger partial charge in [-0.2, -0.15) is 0 Å². The van der Waals surface area contributed by atoms with Gasteiger partial charge >= 0.3 is 5.97 Å². The topological polar surface area (TPSA) is 55.6 Å². The zero-order chi connectivity index (χ0) is 13.9. The average Bonchev–Trinajstić information content (AvgIpc) is 2.47. The molecule has 0 aliphatic carbocycles. The summed E-state index contributed by atoms with van der Waals surface area (Å²) in [5.74, 6) is 0.380. The fourth-order valence-corrected chi connectivity index (χ4v) is 3.36. The van der Waals surface area contributed by atoms with Crippen LogP contribution in [0.5, 0.6) is 0 Å². The first kappa shape index (κ1) is 13.6. The van der Waals surface area contributed by atoms with Crippen LogP contribution in [0.3, 0.4) is 0 Å². The van der Waals surface area contributed by atoms with E-state index in [1.807, 2.05) is 30.3 Å². The maximum absolute atomic E-state index is 12.2. The molecule has 2 fully saturated rings. The Bertz CT molecular complexity index is 451. The first-order valence-corrected chi connectivity index (χ1v) is 7.46. The minimum Gasteiger partial charge on any atom is -0.460 e. The second-order valence-corrected chi connectivity index (χ2v) is 5.95. The Morgan fingerprint density at radius 3 is 2.85 bits per heavy atom. The van der Waals surface area contributed by atoms with E-state index in [0.717, 1.165) is 25.1 Å². The largest absolute Gasteiger partial charge is 0.460 e. The SMILES string of the molecule is NC(C(=O)O[C@@H]1CC2CCCN(C2)C1)c1ccccc1. The van der Waals surface area contributed by atoms with Gasteiger partial charge in [-0.1, -0.05) is 30.3 Å². The number of carbonyl (C=O) groups is 1. The summed E-state index contributed by atoms with van der Waals surface area (Å²) in [4.78, 5) is 14.6. The van der Waals surface area contributed by atoms with Gasteiger partial charge in [-0.15, -0.1) is 0 Å². The van der Waals surface area contributed by atoms with Gasteiger partial charge in [0.2, 0.25) is 0 Å². The van der Waals surface area contributed by atoms with Crippen LogP contribution in [0.4, 0.5) is 0 Å². The number of carbonyl (C=O) groups excluding carboxylic acids is 1. The molecule has 0 saturated carbocycles. The van der Waals surface area contributed by atoms with Crippen molar-refractivity contribution in [1.29, 1.82) is 0 Å². The zero-order valence-electron chi connectivity index (χ0n) is 11.7. The van der Waals surface area contributed by atoms with E-state index in [1.165, 1.54) is 19.4 Å². The third kappa shape index (κ3) is 3.02. The molecule has 0 aromatic heterocycles. The van der Waals surface area contributed by atoms with Gasteiger partial charge in [0, 0.05) is 13.1 Å². The number of ether oxygens (including phenoxy) is 1. The van der Waals surface area contributed by atoms with Crippen molar-refractivity contribution in [2.45, 2.75) is 31.4 Å². The van der Waals surface area contributed by atoms with Gasteiger partial charge in [0.25, 0.3) is 0 Å². The van der Waals surface area contributed by atoms with Crippen molar-refractivity contribution >= 4 is 5.97 Å². The number of fused-ring (bicyclic) bond motifs is 2. The van der Waals surface area contributed by atoms with Crippen molar-refractivity contribution < 1.29 is 9.53 Å². The Morgan fingerprint density at radius 2 is 2.10 bits per heavy atom. The standard InChI is InChI=1S/C16H22N2O2/c17-15(13-6-2-1-3-7-13)16(19)20-14-9-12-5-4-8-18(10-12)11-14/h1-3,6-7,12,14-15H,4-5,8-11,17H2/t12?,14-,15?/m1/s1. The number of nitrogens with two attached hydrogens (primary N) is 1. The highest BCUT2D eigenvalue weighted by Gasteiger charge is 2.33. The Labute approximate surface area is 119 Å². The number of hydrogen-bond acceptors (Lipinski definition) is 4. The molecule has 0 amide bonds. The molecule has 2 aliphatic rings. The van der Waals surface area contributed by atoms with Crippen LogP contribution < -0.4 is 5.73 Å². The smallest absolute Gasteiger partial charge is 0.327 e. The first-order chi connectivity index (χ1) is 9.72. The number of benzene rings is 1. The van der Waals surface area contributed by atoms with Gasteiger partial charge in [-0.25, -0.2) is 4.79 Å². The molecular weight excluding hydrogens is 252 g/mol. The molecule has 3 rings (SSSR count). The molecule has 0 spiro atoms. The highest BCUT2D eigenvalue weighted by molar-refractivity contribution is 5.77. The van der Waals surface area contributed by atoms with E-state index in [9.17, 15) is 4.79 Å². The van der Waals surface area contributed by atoms with Crippen LogP contribution in [0, 0.1) is 5.92 Å². The number of piperidine rings is 2. The lowest BCUT2D eigenvalue weighted by molar-refractivity contribution is -0.155. The predicted molar refractivity (Wildman–Crippen MR) is 77.0 cm³/mol. The Hall–Kier alpha value is -1.39. The van der Waals surface area contributed by atoms with Crippen molar-refractivity contribution in [3.63, 3.8) is 0 Å². The van der Waals surface area contributed by atoms with Gasteiger partial charge < -0.3 is 10.5 Å². The molecule has 2 bridgehead atoms. The lowest BCUT2D eigenvalue weighted by Gasteiger charge is -2.41. The fourth-order valence-electron chi connectivity index (χ4n) is 3.36. The van der Waals surface area contributed by atoms with Crippen LogP contribution in [-0.2, 0) is 9.53 Å². The van der Waals surface area contributed by atoms with Gasteiger partial charge in [0.05, 0.1) is 0 Å². The summed E-state index contributed by atoms with van der Waals surface area (Å²) in [5, 5.41) is 0. The predicted octanol–water partition coefficient (Wildman–Crippen LogP) is 1.71. The molecule has 2 heterocycles. The summed E-state index contributed by atoms with van der Waals surface area (Å²) < 4.78 is 5.64. The molecule has 4 nitrogen and oxygen atoms in total. The Morgan fingerprint density at radius 1 is 1.30 bits per heavy atom. The van der Waals surface area contributed by atoms with E-state index in [-0.39, 0.29) is 12.1 Å². The highest BCUT2D eigenvalue weighted by Crippen LogP contribution is 2.28. The van der Waals surface area contributed by atoms with Crippen LogP contribution in [0.15, 0.2) is 30.3 Å². The summed E-state index contributed by atoms with van der Waals surface area (Å²) in [7, 11) is 0. The summed E-state index contributed by atoms with van der Waals surface area (Å²) in [6.07, 6.45) is 3.53. The van der Waals surface area contributed by atoms with E-state index in [2.05, 4.69) is 4.90 Å². The lowest BCUT2D eigenvalue weighted by Crippen LogP contribution is -2.48. The molecular formula is C16H22N2O2. The molecule has 4 atom stereocenters. The minimum absolute atomic E-state index is 0.0105. The van der Waals surface area contributed by atoms with Crippen LogP contribution in [0.25, 0.3) is 0 Å². The highest BCUT2D eigenvalue weighted by atomic mass is 16.5. The van der Waals surface area contributed by atoms with E-state index in [4.69, 9.17) is 10.5 Å². The van der Waals surface area contributed by atoms with Crippen LogP contribution in [0.2, 0.25) is 0 Å². The molecule has 20 heavy (non-hydrogen) atoms. The zero-order valence-corrected chi connectivity index (χ0v) is 11.7. The van der Waals surface area contributed by atoms with Crippen LogP contribution >= 0.6 is 0 Å². The van der Waals surface area contributed by atoms with Crippen molar-refractivity contribution in [1.82, 2.24) is 4.90 Å². The summed E-state index contributed by atoms with van der Waals surface area (Å²) >= 11 is 0. The lowest BCUT2D eigenvalue weighted by atomic mass is 9.88. The monoisotopic (exact) mass is 274 g/mol. The average molecular weight is 274 g/mol. The van der Waals surface area contributed by atoms with Gasteiger partial charge in [0.15, 0.2) is 0 Å². The van der Waals surface area contributed by atoms with E-state index < -0.39 is 6.04 Å². The number of rotatable bonds is 3. The summed E-state index contributed by atoms with van der Waals surface area (Å²) in [6, 6.07) is 8.75. The fraction of sp³-hybridized carbons (Fsp3) is 0.562. The quantitative estimate of drug-likeness (QED) is 0.853. The molecule has 2 N–H and O–H groups in total. The van der Waals surface area contributed by atoms with Crippen molar-refractivity contribution in [3.8, 4) is 0 Å². The van der Waals surface area contributed by atoms with Crippen LogP contribution in [-0.4, -0.2) is 36.6 Å². The van der Waals surface area contributed by atoms with Crippen molar-refractivity contribution in [2.75, 3.05) is 19.6 Å². The molecule has 1 aromatic carbocycles. The molecule has 2 aliphatic heterocycles. The van der Waals surface area contributed by atoms with E-state index in [0.29, 0.717) is 5.92 Å². The van der Waals surface area contributed by atoms with Gasteiger partial charge in [0.1, 0.15) is 12.1 Å². The maximum atomic E-state index is 12.2. The molecule has 3 unspecified atom stereocenters.